The molecule has 2 atom stereocenters. The van der Waals surface area contributed by atoms with Crippen LogP contribution >= 0.6 is 0 Å². The number of carbonyl (C=O) groups is 1. The largest absolute Gasteiger partial charge is 0.465 e. The van der Waals surface area contributed by atoms with E-state index in [1.54, 1.807) is 36.4 Å². The summed E-state index contributed by atoms with van der Waals surface area (Å²) in [6.45, 7) is 2.13. The predicted octanol–water partition coefficient (Wildman–Crippen LogP) is 1.81. The zero-order valence-corrected chi connectivity index (χ0v) is 9.67. The van der Waals surface area contributed by atoms with Gasteiger partial charge in [0.15, 0.2) is 5.92 Å². The lowest BCUT2D eigenvalue weighted by Gasteiger charge is -2.15. The van der Waals surface area contributed by atoms with Gasteiger partial charge in [0.1, 0.15) is 6.10 Å². The molecule has 0 bridgehead atoms. The molecular formula is C13H15NO3. The van der Waals surface area contributed by atoms with Crippen LogP contribution in [0.1, 0.15) is 25.0 Å². The van der Waals surface area contributed by atoms with Gasteiger partial charge in [-0.25, -0.2) is 0 Å². The Bertz CT molecular complexity index is 397. The van der Waals surface area contributed by atoms with Crippen molar-refractivity contribution >= 4 is 5.97 Å². The molecule has 0 amide bonds. The fourth-order valence-corrected chi connectivity index (χ4v) is 1.39. The van der Waals surface area contributed by atoms with Crippen LogP contribution in [0.2, 0.25) is 0 Å². The maximum absolute atomic E-state index is 11.5. The molecule has 0 fully saturated rings. The number of ether oxygens (including phenoxy) is 1. The lowest BCUT2D eigenvalue weighted by molar-refractivity contribution is -0.150. The predicted molar refractivity (Wildman–Crippen MR) is 61.8 cm³/mol. The summed E-state index contributed by atoms with van der Waals surface area (Å²) >= 11 is 0. The van der Waals surface area contributed by atoms with E-state index in [1.165, 1.54) is 0 Å². The van der Waals surface area contributed by atoms with Crippen LogP contribution in [-0.2, 0) is 9.53 Å². The molecule has 1 N–H and O–H groups in total. The van der Waals surface area contributed by atoms with Gasteiger partial charge in [0.2, 0.25) is 0 Å². The first-order valence-electron chi connectivity index (χ1n) is 5.50. The van der Waals surface area contributed by atoms with Crippen molar-refractivity contribution in [3.63, 3.8) is 0 Å². The molecule has 0 radical (unpaired) electrons. The van der Waals surface area contributed by atoms with Crippen LogP contribution in [0, 0.1) is 17.2 Å². The number of hydrogen-bond acceptors (Lipinski definition) is 4. The number of rotatable bonds is 5. The minimum atomic E-state index is -1.18. The van der Waals surface area contributed by atoms with E-state index in [0.29, 0.717) is 12.0 Å². The highest BCUT2D eigenvalue weighted by atomic mass is 16.5. The number of nitrogens with zero attached hydrogens (tertiary/aromatic N) is 1. The summed E-state index contributed by atoms with van der Waals surface area (Å²) in [7, 11) is 0. The van der Waals surface area contributed by atoms with Gasteiger partial charge in [0.05, 0.1) is 12.7 Å². The standard InChI is InChI=1S/C13H15NO3/c1-2-8-17-13(16)11(9-14)12(15)10-6-4-3-5-7-10/h3-7,11-12,15H,2,8H2,1H3. The van der Waals surface area contributed by atoms with Crippen LogP contribution in [0.3, 0.4) is 0 Å². The van der Waals surface area contributed by atoms with Gasteiger partial charge in [-0.15, -0.1) is 0 Å². The van der Waals surface area contributed by atoms with Crippen molar-refractivity contribution in [2.75, 3.05) is 6.61 Å². The zero-order chi connectivity index (χ0) is 12.7. The summed E-state index contributed by atoms with van der Waals surface area (Å²) < 4.78 is 4.87. The highest BCUT2D eigenvalue weighted by molar-refractivity contribution is 5.76. The van der Waals surface area contributed by atoms with Crippen molar-refractivity contribution in [2.24, 2.45) is 5.92 Å². The highest BCUT2D eigenvalue weighted by Crippen LogP contribution is 2.22. The number of benzene rings is 1. The first-order valence-corrected chi connectivity index (χ1v) is 5.50. The Morgan fingerprint density at radius 3 is 2.65 bits per heavy atom. The number of hydrogen-bond donors (Lipinski definition) is 1. The van der Waals surface area contributed by atoms with Crippen molar-refractivity contribution in [3.8, 4) is 6.07 Å². The van der Waals surface area contributed by atoms with E-state index in [9.17, 15) is 9.90 Å². The SMILES string of the molecule is CCCOC(=O)C(C#N)C(O)c1ccccc1. The van der Waals surface area contributed by atoms with Crippen LogP contribution in [-0.4, -0.2) is 17.7 Å². The van der Waals surface area contributed by atoms with E-state index in [4.69, 9.17) is 10.00 Å². The van der Waals surface area contributed by atoms with Crippen molar-refractivity contribution < 1.29 is 14.6 Å². The van der Waals surface area contributed by atoms with E-state index >= 15 is 0 Å². The lowest BCUT2D eigenvalue weighted by Crippen LogP contribution is -2.23. The van der Waals surface area contributed by atoms with Crippen molar-refractivity contribution in [1.82, 2.24) is 0 Å². The quantitative estimate of drug-likeness (QED) is 0.787. The van der Waals surface area contributed by atoms with Gasteiger partial charge < -0.3 is 9.84 Å². The Hall–Kier alpha value is -1.86. The fourth-order valence-electron chi connectivity index (χ4n) is 1.39. The number of aliphatic hydroxyl groups excluding tert-OH is 1. The maximum Gasteiger partial charge on any atom is 0.326 e. The molecule has 0 aromatic heterocycles. The molecule has 2 unspecified atom stereocenters. The molecule has 4 nitrogen and oxygen atoms in total. The van der Waals surface area contributed by atoms with Crippen LogP contribution in [0.4, 0.5) is 0 Å². The van der Waals surface area contributed by atoms with Gasteiger partial charge in [-0.1, -0.05) is 37.3 Å². The maximum atomic E-state index is 11.5. The lowest BCUT2D eigenvalue weighted by atomic mass is 9.97. The molecule has 1 aromatic rings. The van der Waals surface area contributed by atoms with E-state index in [1.807, 2.05) is 6.92 Å². The van der Waals surface area contributed by atoms with Crippen LogP contribution in [0.15, 0.2) is 30.3 Å². The monoisotopic (exact) mass is 233 g/mol. The second-order valence-electron chi connectivity index (χ2n) is 3.63. The van der Waals surface area contributed by atoms with Crippen molar-refractivity contribution in [3.05, 3.63) is 35.9 Å². The van der Waals surface area contributed by atoms with Crippen molar-refractivity contribution in [2.45, 2.75) is 19.4 Å². The minimum Gasteiger partial charge on any atom is -0.465 e. The number of esters is 1. The van der Waals surface area contributed by atoms with Crippen LogP contribution in [0.5, 0.6) is 0 Å². The van der Waals surface area contributed by atoms with E-state index in [0.717, 1.165) is 0 Å². The number of nitriles is 1. The van der Waals surface area contributed by atoms with Gasteiger partial charge in [0, 0.05) is 0 Å². The Labute approximate surface area is 100 Å². The summed E-state index contributed by atoms with van der Waals surface area (Å²) in [6.07, 6.45) is -0.462. The smallest absolute Gasteiger partial charge is 0.326 e. The summed E-state index contributed by atoms with van der Waals surface area (Å²) in [5, 5.41) is 18.8. The molecule has 0 heterocycles. The molecule has 1 aromatic carbocycles. The van der Waals surface area contributed by atoms with Gasteiger partial charge in [-0.3, -0.25) is 4.79 Å². The second-order valence-corrected chi connectivity index (χ2v) is 3.63. The fraction of sp³-hybridized carbons (Fsp3) is 0.385. The third-order valence-corrected chi connectivity index (χ3v) is 2.30. The molecule has 17 heavy (non-hydrogen) atoms. The van der Waals surface area contributed by atoms with Crippen LogP contribution in [0.25, 0.3) is 0 Å². The Kier molecular flexibility index (Phi) is 5.18. The average Bonchev–Trinajstić information content (AvgIpc) is 2.38. The first-order chi connectivity index (χ1) is 8.20. The molecule has 0 aliphatic rings. The average molecular weight is 233 g/mol. The minimum absolute atomic E-state index is 0.262. The normalized spacial score (nSPS) is 13.5. The third kappa shape index (κ3) is 3.58. The first kappa shape index (κ1) is 13.2. The third-order valence-electron chi connectivity index (χ3n) is 2.30. The summed E-state index contributed by atoms with van der Waals surface area (Å²) in [6, 6.07) is 10.4. The molecule has 0 aliphatic heterocycles. The molecule has 0 spiro atoms. The Morgan fingerprint density at radius 1 is 1.47 bits per heavy atom. The van der Waals surface area contributed by atoms with Crippen LogP contribution < -0.4 is 0 Å². The van der Waals surface area contributed by atoms with E-state index < -0.39 is 18.0 Å². The number of aliphatic hydroxyl groups is 1. The number of carbonyl (C=O) groups excluding carboxylic acids is 1. The van der Waals surface area contributed by atoms with Crippen molar-refractivity contribution in [1.29, 1.82) is 5.26 Å². The topological polar surface area (TPSA) is 70.3 Å². The van der Waals surface area contributed by atoms with Gasteiger partial charge in [-0.2, -0.15) is 5.26 Å². The van der Waals surface area contributed by atoms with E-state index in [-0.39, 0.29) is 6.61 Å². The molecule has 1 rings (SSSR count). The Morgan fingerprint density at radius 2 is 2.12 bits per heavy atom. The molecule has 0 aliphatic carbocycles. The zero-order valence-electron chi connectivity index (χ0n) is 9.67. The molecule has 0 saturated heterocycles. The summed E-state index contributed by atoms with van der Waals surface area (Å²) in [5.74, 6) is -1.85. The second kappa shape index (κ2) is 6.66. The Balaban J connectivity index is 2.75. The van der Waals surface area contributed by atoms with Gasteiger partial charge in [0.25, 0.3) is 0 Å². The van der Waals surface area contributed by atoms with Gasteiger partial charge in [-0.05, 0) is 12.0 Å². The summed E-state index contributed by atoms with van der Waals surface area (Å²) in [5.41, 5.74) is 0.535. The van der Waals surface area contributed by atoms with Gasteiger partial charge >= 0.3 is 5.97 Å². The van der Waals surface area contributed by atoms with E-state index in [2.05, 4.69) is 0 Å². The highest BCUT2D eigenvalue weighted by Gasteiger charge is 2.29. The summed E-state index contributed by atoms with van der Waals surface area (Å²) in [4.78, 5) is 11.5. The molecule has 4 heteroatoms. The molecule has 0 saturated carbocycles. The molecule has 90 valence electrons. The molecular weight excluding hydrogens is 218 g/mol.